The summed E-state index contributed by atoms with van der Waals surface area (Å²) in [5.41, 5.74) is 4.09. The van der Waals surface area contributed by atoms with Crippen LogP contribution in [0.3, 0.4) is 0 Å². The molecule has 0 unspecified atom stereocenters. The molecule has 0 saturated carbocycles. The van der Waals surface area contributed by atoms with Crippen molar-refractivity contribution in [3.8, 4) is 17.1 Å². The molecule has 2 aromatic heterocycles. The first-order valence-electron chi connectivity index (χ1n) is 13.4. The third-order valence-electron chi connectivity index (χ3n) is 7.68. The summed E-state index contributed by atoms with van der Waals surface area (Å²) in [4.78, 5) is 23.0. The van der Waals surface area contributed by atoms with Crippen LogP contribution in [0.15, 0.2) is 67.1 Å². The summed E-state index contributed by atoms with van der Waals surface area (Å²) in [7, 11) is 0. The highest BCUT2D eigenvalue weighted by atomic mass is 19.1. The molecule has 4 heterocycles. The third kappa shape index (κ3) is 5.22. The highest BCUT2D eigenvalue weighted by molar-refractivity contribution is 6.08. The number of fused-ring (bicyclic) bond motifs is 3. The quantitative estimate of drug-likeness (QED) is 0.341. The number of anilines is 1. The van der Waals surface area contributed by atoms with E-state index in [1.165, 1.54) is 24.5 Å². The van der Waals surface area contributed by atoms with E-state index in [1.54, 1.807) is 24.5 Å². The number of carbonyl (C=O) groups is 1. The first-order valence-corrected chi connectivity index (χ1v) is 13.4. The summed E-state index contributed by atoms with van der Waals surface area (Å²) in [6.07, 6.45) is 9.63. The summed E-state index contributed by atoms with van der Waals surface area (Å²) in [5, 5.41) is 2.81. The zero-order valence-electron chi connectivity index (χ0n) is 21.3. The molecule has 38 heavy (non-hydrogen) atoms. The fraction of sp³-hybridized carbons (Fsp3) is 0.333. The van der Waals surface area contributed by atoms with Gasteiger partial charge in [0.05, 0.1) is 11.1 Å². The average molecular weight is 514 g/mol. The van der Waals surface area contributed by atoms with Crippen LogP contribution in [0.2, 0.25) is 0 Å². The maximum atomic E-state index is 14.8. The Kier molecular flexibility index (Phi) is 6.96. The van der Waals surface area contributed by atoms with E-state index in [1.807, 2.05) is 10.8 Å². The van der Waals surface area contributed by atoms with Gasteiger partial charge in [-0.25, -0.2) is 9.37 Å². The zero-order valence-corrected chi connectivity index (χ0v) is 21.3. The van der Waals surface area contributed by atoms with Gasteiger partial charge in [0.1, 0.15) is 12.4 Å². The lowest BCUT2D eigenvalue weighted by Crippen LogP contribution is -2.37. The number of aromatic nitrogens is 3. The van der Waals surface area contributed by atoms with Crippen LogP contribution in [-0.4, -0.2) is 51.6 Å². The van der Waals surface area contributed by atoms with Gasteiger partial charge in [-0.2, -0.15) is 0 Å². The molecule has 2 N–H and O–H groups in total. The van der Waals surface area contributed by atoms with Crippen LogP contribution in [0.5, 0.6) is 5.75 Å². The Hall–Kier alpha value is -3.91. The van der Waals surface area contributed by atoms with Crippen molar-refractivity contribution in [2.45, 2.75) is 32.2 Å². The van der Waals surface area contributed by atoms with Gasteiger partial charge in [0.2, 0.25) is 0 Å². The first-order chi connectivity index (χ1) is 18.6. The number of imidazole rings is 1. The predicted molar refractivity (Wildman–Crippen MR) is 145 cm³/mol. The van der Waals surface area contributed by atoms with Gasteiger partial charge in [-0.1, -0.05) is 30.3 Å². The Balaban J connectivity index is 0.993. The van der Waals surface area contributed by atoms with Crippen molar-refractivity contribution in [3.05, 3.63) is 89.8 Å². The first kappa shape index (κ1) is 24.4. The normalized spacial score (nSPS) is 15.6. The number of benzene rings is 2. The molecule has 0 bridgehead atoms. The minimum absolute atomic E-state index is 0.197. The highest BCUT2D eigenvalue weighted by Crippen LogP contribution is 2.32. The number of rotatable bonds is 8. The van der Waals surface area contributed by atoms with Gasteiger partial charge in [0.25, 0.3) is 5.91 Å². The Morgan fingerprint density at radius 2 is 1.97 bits per heavy atom. The minimum atomic E-state index is -0.490. The number of halogens is 1. The number of amides is 1. The van der Waals surface area contributed by atoms with Crippen LogP contribution in [0, 0.1) is 11.7 Å². The lowest BCUT2D eigenvalue weighted by molar-refractivity contribution is 0.102. The molecule has 0 aliphatic carbocycles. The van der Waals surface area contributed by atoms with E-state index in [-0.39, 0.29) is 11.7 Å². The number of piperidine rings is 1. The Morgan fingerprint density at radius 1 is 1.13 bits per heavy atom. The van der Waals surface area contributed by atoms with Gasteiger partial charge in [-0.15, -0.1) is 0 Å². The number of nitrogens with one attached hydrogen (secondary N) is 2. The molecule has 1 amide bonds. The predicted octanol–water partition coefficient (Wildman–Crippen LogP) is 5.16. The fourth-order valence-corrected chi connectivity index (χ4v) is 5.59. The van der Waals surface area contributed by atoms with Crippen molar-refractivity contribution < 1.29 is 13.9 Å². The van der Waals surface area contributed by atoms with Crippen LogP contribution in [0.25, 0.3) is 11.4 Å². The molecular weight excluding hydrogens is 481 g/mol. The summed E-state index contributed by atoms with van der Waals surface area (Å²) in [6, 6.07) is 15.2. The number of hydrogen-bond acceptors (Lipinski definition) is 4. The summed E-state index contributed by atoms with van der Waals surface area (Å²) in [6.45, 7) is 4.09. The van der Waals surface area contributed by atoms with E-state index in [4.69, 9.17) is 4.74 Å². The number of carbonyl (C=O) groups excluding carboxylic acids is 1. The van der Waals surface area contributed by atoms with E-state index < -0.39 is 5.82 Å². The van der Waals surface area contributed by atoms with Crippen LogP contribution >= 0.6 is 0 Å². The number of aromatic amines is 1. The molecular formula is C30H32FN5O2. The number of hydrogen-bond donors (Lipinski definition) is 2. The van der Waals surface area contributed by atoms with Crippen molar-refractivity contribution in [2.75, 3.05) is 31.6 Å². The van der Waals surface area contributed by atoms with Gasteiger partial charge >= 0.3 is 0 Å². The molecule has 8 heteroatoms. The van der Waals surface area contributed by atoms with Crippen molar-refractivity contribution >= 4 is 11.6 Å². The Bertz CT molecular complexity index is 1410. The highest BCUT2D eigenvalue weighted by Gasteiger charge is 2.25. The molecule has 0 atom stereocenters. The molecule has 2 aromatic carbocycles. The number of nitrogens with zero attached hydrogens (tertiary/aromatic N) is 3. The maximum Gasteiger partial charge on any atom is 0.257 e. The number of aryl methyl sites for hydroxylation is 2. The zero-order chi connectivity index (χ0) is 25.9. The molecule has 1 saturated heterocycles. The molecule has 1 fully saturated rings. The van der Waals surface area contributed by atoms with E-state index in [9.17, 15) is 9.18 Å². The molecule has 196 valence electrons. The van der Waals surface area contributed by atoms with Crippen LogP contribution in [0.1, 0.15) is 34.5 Å². The fourth-order valence-electron chi connectivity index (χ4n) is 5.59. The number of H-pyrrole nitrogens is 1. The topological polar surface area (TPSA) is 75.2 Å². The van der Waals surface area contributed by atoms with E-state index >= 15 is 0 Å². The van der Waals surface area contributed by atoms with Gasteiger partial charge in [-0.3, -0.25) is 9.69 Å². The minimum Gasteiger partial charge on any atom is -0.489 e. The molecule has 2 aliphatic rings. The lowest BCUT2D eigenvalue weighted by atomic mass is 9.90. The van der Waals surface area contributed by atoms with E-state index in [2.05, 4.69) is 50.5 Å². The SMILES string of the molecule is O=C(Nc1ccc(OCCN2CCC(Cc3ccccc3)CC2)c(F)c1)c1c[nH]c2c1-c1nccn1CC2. The largest absolute Gasteiger partial charge is 0.489 e. The maximum absolute atomic E-state index is 14.8. The monoisotopic (exact) mass is 513 g/mol. The third-order valence-corrected chi connectivity index (χ3v) is 7.68. The molecule has 0 spiro atoms. The Labute approximate surface area is 221 Å². The Morgan fingerprint density at radius 3 is 2.79 bits per heavy atom. The van der Waals surface area contributed by atoms with E-state index in [0.717, 1.165) is 56.1 Å². The molecule has 7 nitrogen and oxygen atoms in total. The van der Waals surface area contributed by atoms with Crippen LogP contribution < -0.4 is 10.1 Å². The van der Waals surface area contributed by atoms with Crippen molar-refractivity contribution in [2.24, 2.45) is 5.92 Å². The molecule has 2 aliphatic heterocycles. The van der Waals surface area contributed by atoms with Crippen LogP contribution in [-0.2, 0) is 19.4 Å². The second-order valence-corrected chi connectivity index (χ2v) is 10.2. The van der Waals surface area contributed by atoms with Crippen molar-refractivity contribution in [3.63, 3.8) is 0 Å². The average Bonchev–Trinajstić information content (AvgIpc) is 3.58. The second kappa shape index (κ2) is 10.8. The van der Waals surface area contributed by atoms with Crippen molar-refractivity contribution in [1.82, 2.24) is 19.4 Å². The smallest absolute Gasteiger partial charge is 0.257 e. The van der Waals surface area contributed by atoms with Crippen LogP contribution in [0.4, 0.5) is 10.1 Å². The number of ether oxygens (including phenoxy) is 1. The standard InChI is InChI=1S/C30H32FN5O2/c31-25-19-23(34-30(37)24-20-33-26-10-14-36-15-11-32-29(36)28(24)26)6-7-27(25)38-17-16-35-12-8-22(9-13-35)18-21-4-2-1-3-5-21/h1-7,11,15,19-20,22,33H,8-10,12-14,16-18H2,(H,34,37). The van der Waals surface area contributed by atoms with Gasteiger partial charge in [0, 0.05) is 55.5 Å². The van der Waals surface area contributed by atoms with E-state index in [0.29, 0.717) is 23.8 Å². The summed E-state index contributed by atoms with van der Waals surface area (Å²) >= 11 is 0. The molecule has 6 rings (SSSR count). The molecule has 4 aromatic rings. The summed E-state index contributed by atoms with van der Waals surface area (Å²) in [5.74, 6) is 0.892. The van der Waals surface area contributed by atoms with Gasteiger partial charge in [-0.05, 0) is 56.0 Å². The number of likely N-dealkylation sites (tertiary alicyclic amines) is 1. The second-order valence-electron chi connectivity index (χ2n) is 10.2. The molecule has 0 radical (unpaired) electrons. The lowest BCUT2D eigenvalue weighted by Gasteiger charge is -2.31. The van der Waals surface area contributed by atoms with Gasteiger partial charge < -0.3 is 19.6 Å². The van der Waals surface area contributed by atoms with Crippen molar-refractivity contribution in [1.29, 1.82) is 0 Å². The summed E-state index contributed by atoms with van der Waals surface area (Å²) < 4.78 is 22.6. The van der Waals surface area contributed by atoms with Gasteiger partial charge in [0.15, 0.2) is 11.6 Å².